The lowest BCUT2D eigenvalue weighted by Crippen LogP contribution is -2.55. The van der Waals surface area contributed by atoms with Gasteiger partial charge in [-0.2, -0.15) is 0 Å². The number of nitrogens with one attached hydrogen (secondary N) is 1. The lowest BCUT2D eigenvalue weighted by molar-refractivity contribution is 0.0493. The number of pyridine rings is 1. The molecule has 0 radical (unpaired) electrons. The van der Waals surface area contributed by atoms with Crippen LogP contribution in [-0.4, -0.2) is 18.1 Å². The van der Waals surface area contributed by atoms with Crippen LogP contribution in [0.15, 0.2) is 24.5 Å². The van der Waals surface area contributed by atoms with Crippen molar-refractivity contribution in [2.75, 3.05) is 7.05 Å². The van der Waals surface area contributed by atoms with Crippen molar-refractivity contribution in [2.24, 2.45) is 5.41 Å². The van der Waals surface area contributed by atoms with Gasteiger partial charge in [0.25, 0.3) is 0 Å². The SMILES string of the molecule is CCC1(C)C(NC)CC1c1cccnc1. The van der Waals surface area contributed by atoms with Crippen molar-refractivity contribution in [2.45, 2.75) is 38.6 Å². The van der Waals surface area contributed by atoms with E-state index >= 15 is 0 Å². The molecule has 1 saturated carbocycles. The topological polar surface area (TPSA) is 24.9 Å². The van der Waals surface area contributed by atoms with Crippen molar-refractivity contribution < 1.29 is 0 Å². The second-order valence-corrected chi connectivity index (χ2v) is 4.78. The molecule has 0 bridgehead atoms. The predicted octanol–water partition coefficient (Wildman–Crippen LogP) is 2.57. The summed E-state index contributed by atoms with van der Waals surface area (Å²) >= 11 is 0. The number of aromatic nitrogens is 1. The third kappa shape index (κ3) is 1.57. The van der Waals surface area contributed by atoms with E-state index in [0.717, 1.165) is 0 Å². The van der Waals surface area contributed by atoms with Crippen LogP contribution in [0.25, 0.3) is 0 Å². The average Bonchev–Trinajstić information content (AvgIpc) is 2.28. The Bertz CT molecular complexity index is 323. The molecule has 15 heavy (non-hydrogen) atoms. The summed E-state index contributed by atoms with van der Waals surface area (Å²) < 4.78 is 0. The minimum atomic E-state index is 0.401. The first-order valence-corrected chi connectivity index (χ1v) is 5.79. The summed E-state index contributed by atoms with van der Waals surface area (Å²) in [6.45, 7) is 4.67. The summed E-state index contributed by atoms with van der Waals surface area (Å²) in [5.41, 5.74) is 1.80. The Morgan fingerprint density at radius 2 is 2.40 bits per heavy atom. The van der Waals surface area contributed by atoms with Crippen molar-refractivity contribution in [3.63, 3.8) is 0 Å². The third-order valence-electron chi connectivity index (χ3n) is 4.26. The first kappa shape index (κ1) is 10.6. The van der Waals surface area contributed by atoms with Crippen molar-refractivity contribution in [1.29, 1.82) is 0 Å². The van der Waals surface area contributed by atoms with Crippen molar-refractivity contribution >= 4 is 0 Å². The third-order valence-corrected chi connectivity index (χ3v) is 4.26. The van der Waals surface area contributed by atoms with Gasteiger partial charge in [0.15, 0.2) is 0 Å². The molecule has 3 unspecified atom stereocenters. The summed E-state index contributed by atoms with van der Waals surface area (Å²) in [4.78, 5) is 4.22. The molecule has 1 fully saturated rings. The molecule has 0 aliphatic heterocycles. The molecule has 2 nitrogen and oxygen atoms in total. The van der Waals surface area contributed by atoms with Gasteiger partial charge in [0.05, 0.1) is 0 Å². The highest BCUT2D eigenvalue weighted by Crippen LogP contribution is 2.54. The second-order valence-electron chi connectivity index (χ2n) is 4.78. The highest BCUT2D eigenvalue weighted by Gasteiger charge is 2.49. The van der Waals surface area contributed by atoms with Gasteiger partial charge in [-0.25, -0.2) is 0 Å². The van der Waals surface area contributed by atoms with Gasteiger partial charge in [0, 0.05) is 18.4 Å². The van der Waals surface area contributed by atoms with E-state index in [1.54, 1.807) is 0 Å². The first-order valence-electron chi connectivity index (χ1n) is 5.79. The number of rotatable bonds is 3. The van der Waals surface area contributed by atoms with Crippen LogP contribution in [0.1, 0.15) is 38.2 Å². The minimum Gasteiger partial charge on any atom is -0.316 e. The van der Waals surface area contributed by atoms with Gasteiger partial charge in [-0.3, -0.25) is 4.98 Å². The molecule has 2 rings (SSSR count). The Hall–Kier alpha value is -0.890. The van der Waals surface area contributed by atoms with E-state index in [2.05, 4.69) is 37.3 Å². The van der Waals surface area contributed by atoms with Crippen molar-refractivity contribution in [3.8, 4) is 0 Å². The van der Waals surface area contributed by atoms with Crippen molar-refractivity contribution in [1.82, 2.24) is 10.3 Å². The highest BCUT2D eigenvalue weighted by atomic mass is 14.9. The maximum absolute atomic E-state index is 4.22. The molecule has 0 spiro atoms. The van der Waals surface area contributed by atoms with Crippen LogP contribution in [0, 0.1) is 5.41 Å². The van der Waals surface area contributed by atoms with Crippen LogP contribution in [0.5, 0.6) is 0 Å². The zero-order chi connectivity index (χ0) is 10.9. The molecule has 0 saturated heterocycles. The molecular formula is C13H20N2. The van der Waals surface area contributed by atoms with Gasteiger partial charge in [0.2, 0.25) is 0 Å². The van der Waals surface area contributed by atoms with E-state index in [4.69, 9.17) is 0 Å². The molecule has 3 atom stereocenters. The van der Waals surface area contributed by atoms with E-state index < -0.39 is 0 Å². The Morgan fingerprint density at radius 1 is 1.60 bits per heavy atom. The molecule has 0 amide bonds. The van der Waals surface area contributed by atoms with Gasteiger partial charge in [-0.1, -0.05) is 19.9 Å². The monoisotopic (exact) mass is 204 g/mol. The highest BCUT2D eigenvalue weighted by molar-refractivity contribution is 5.25. The largest absolute Gasteiger partial charge is 0.316 e. The fourth-order valence-corrected chi connectivity index (χ4v) is 2.90. The van der Waals surface area contributed by atoms with E-state index in [0.29, 0.717) is 17.4 Å². The Labute approximate surface area is 92.1 Å². The van der Waals surface area contributed by atoms with Crippen LogP contribution >= 0.6 is 0 Å². The molecule has 1 aliphatic rings. The number of hydrogen-bond donors (Lipinski definition) is 1. The molecule has 1 aromatic heterocycles. The van der Waals surface area contributed by atoms with E-state index in [9.17, 15) is 0 Å². The number of hydrogen-bond acceptors (Lipinski definition) is 2. The van der Waals surface area contributed by atoms with E-state index in [1.807, 2.05) is 18.5 Å². The van der Waals surface area contributed by atoms with Crippen molar-refractivity contribution in [3.05, 3.63) is 30.1 Å². The Morgan fingerprint density at radius 3 is 2.93 bits per heavy atom. The standard InChI is InChI=1S/C13H20N2/c1-4-13(2)11(8-12(13)14-3)10-6-5-7-15-9-10/h5-7,9,11-12,14H,4,8H2,1-3H3. The average molecular weight is 204 g/mol. The van der Waals surface area contributed by atoms with E-state index in [1.165, 1.54) is 18.4 Å². The second kappa shape index (κ2) is 3.93. The normalized spacial score (nSPS) is 34.9. The predicted molar refractivity (Wildman–Crippen MR) is 62.8 cm³/mol. The molecule has 1 aromatic rings. The van der Waals surface area contributed by atoms with Gasteiger partial charge in [-0.05, 0) is 42.9 Å². The zero-order valence-corrected chi connectivity index (χ0v) is 9.83. The lowest BCUT2D eigenvalue weighted by atomic mass is 9.54. The molecule has 1 aliphatic carbocycles. The van der Waals surface area contributed by atoms with Crippen LogP contribution in [-0.2, 0) is 0 Å². The summed E-state index contributed by atoms with van der Waals surface area (Å²) in [6, 6.07) is 4.91. The van der Waals surface area contributed by atoms with Gasteiger partial charge < -0.3 is 5.32 Å². The Kier molecular flexibility index (Phi) is 2.79. The summed E-state index contributed by atoms with van der Waals surface area (Å²) in [5, 5.41) is 3.42. The molecule has 0 aromatic carbocycles. The van der Waals surface area contributed by atoms with Gasteiger partial charge >= 0.3 is 0 Å². The number of nitrogens with zero attached hydrogens (tertiary/aromatic N) is 1. The molecule has 2 heteroatoms. The van der Waals surface area contributed by atoms with Gasteiger partial charge in [0.1, 0.15) is 0 Å². The minimum absolute atomic E-state index is 0.401. The summed E-state index contributed by atoms with van der Waals surface area (Å²) in [5.74, 6) is 0.675. The zero-order valence-electron chi connectivity index (χ0n) is 9.83. The van der Waals surface area contributed by atoms with Crippen LogP contribution in [0.4, 0.5) is 0 Å². The first-order chi connectivity index (χ1) is 7.22. The van der Waals surface area contributed by atoms with Crippen LogP contribution in [0.3, 0.4) is 0 Å². The van der Waals surface area contributed by atoms with E-state index in [-0.39, 0.29) is 0 Å². The van der Waals surface area contributed by atoms with Gasteiger partial charge in [-0.15, -0.1) is 0 Å². The maximum atomic E-state index is 4.22. The molecule has 1 heterocycles. The summed E-state index contributed by atoms with van der Waals surface area (Å²) in [6.07, 6.45) is 6.33. The molecule has 82 valence electrons. The maximum Gasteiger partial charge on any atom is 0.0302 e. The van der Waals surface area contributed by atoms with Crippen LogP contribution < -0.4 is 5.32 Å². The Balaban J connectivity index is 2.20. The quantitative estimate of drug-likeness (QED) is 0.818. The summed E-state index contributed by atoms with van der Waals surface area (Å²) in [7, 11) is 2.07. The smallest absolute Gasteiger partial charge is 0.0302 e. The van der Waals surface area contributed by atoms with Crippen LogP contribution in [0.2, 0.25) is 0 Å². The molecule has 1 N–H and O–H groups in total. The molecular weight excluding hydrogens is 184 g/mol. The fraction of sp³-hybridized carbons (Fsp3) is 0.615. The fourth-order valence-electron chi connectivity index (χ4n) is 2.90. The lowest BCUT2D eigenvalue weighted by Gasteiger charge is -2.54.